The number of hydrogen-bond acceptors (Lipinski definition) is 5. The van der Waals surface area contributed by atoms with Gasteiger partial charge in [0.15, 0.2) is 0 Å². The van der Waals surface area contributed by atoms with Crippen molar-refractivity contribution < 1.29 is 19.8 Å². The topological polar surface area (TPSA) is 77.8 Å². The molecule has 2 atom stereocenters. The van der Waals surface area contributed by atoms with Crippen LogP contribution in [0.15, 0.2) is 30.3 Å². The third-order valence-electron chi connectivity index (χ3n) is 2.91. The van der Waals surface area contributed by atoms with Gasteiger partial charge in [0.2, 0.25) is 0 Å². The van der Waals surface area contributed by atoms with Crippen LogP contribution >= 0.6 is 0 Å². The Morgan fingerprint density at radius 2 is 1.45 bits per heavy atom. The van der Waals surface area contributed by atoms with E-state index in [1.54, 1.807) is 0 Å². The molecule has 0 aliphatic rings. The van der Waals surface area contributed by atoms with Gasteiger partial charge in [0.05, 0.1) is 0 Å². The third-order valence-corrected chi connectivity index (χ3v) is 2.91. The summed E-state index contributed by atoms with van der Waals surface area (Å²) in [5.41, 5.74) is 0.887. The van der Waals surface area contributed by atoms with Gasteiger partial charge in [0.25, 0.3) is 0 Å². The van der Waals surface area contributed by atoms with E-state index < -0.39 is 12.5 Å². The molecule has 0 heterocycles. The van der Waals surface area contributed by atoms with E-state index in [4.69, 9.17) is 0 Å². The van der Waals surface area contributed by atoms with Crippen LogP contribution in [-0.2, 0) is 16.1 Å². The summed E-state index contributed by atoms with van der Waals surface area (Å²) >= 11 is 0. The van der Waals surface area contributed by atoms with Crippen LogP contribution in [0.25, 0.3) is 0 Å². The maximum Gasteiger partial charge on any atom is 0.133 e. The summed E-state index contributed by atoms with van der Waals surface area (Å²) < 4.78 is 0. The van der Waals surface area contributed by atoms with Crippen molar-refractivity contribution in [3.63, 3.8) is 0 Å². The lowest BCUT2D eigenvalue weighted by molar-refractivity contribution is -0.139. The molecule has 0 spiro atoms. The average molecular weight is 279 g/mol. The monoisotopic (exact) mass is 279 g/mol. The van der Waals surface area contributed by atoms with E-state index in [0.29, 0.717) is 0 Å². The predicted octanol–water partition coefficient (Wildman–Crippen LogP) is 1.08. The Labute approximate surface area is 118 Å². The molecule has 5 heteroatoms. The molecule has 20 heavy (non-hydrogen) atoms. The number of carbonyl (C=O) groups is 2. The molecular formula is C15H21NO4. The van der Waals surface area contributed by atoms with Gasteiger partial charge in [0.1, 0.15) is 24.0 Å². The van der Waals surface area contributed by atoms with Crippen molar-refractivity contribution >= 4 is 11.6 Å². The van der Waals surface area contributed by atoms with Crippen LogP contribution < -0.4 is 0 Å². The Kier molecular flexibility index (Phi) is 6.51. The van der Waals surface area contributed by atoms with Gasteiger partial charge in [-0.15, -0.1) is 0 Å². The van der Waals surface area contributed by atoms with E-state index in [0.717, 1.165) is 5.56 Å². The summed E-state index contributed by atoms with van der Waals surface area (Å²) in [5.74, 6) is -0.351. The number of rotatable bonds is 8. The molecular weight excluding hydrogens is 258 g/mol. The first-order valence-electron chi connectivity index (χ1n) is 6.55. The molecule has 0 bridgehead atoms. The van der Waals surface area contributed by atoms with Crippen LogP contribution in [0.5, 0.6) is 0 Å². The number of Topliss-reactive ketones (excluding diaryl/α,β-unsaturated/α-hetero) is 2. The summed E-state index contributed by atoms with van der Waals surface area (Å²) in [6, 6.07) is 9.28. The Balaban J connectivity index is 2.82. The second-order valence-electron chi connectivity index (χ2n) is 4.93. The van der Waals surface area contributed by atoms with E-state index in [1.807, 2.05) is 30.3 Å². The van der Waals surface area contributed by atoms with E-state index >= 15 is 0 Å². The summed E-state index contributed by atoms with van der Waals surface area (Å²) in [5, 5.41) is 20.1. The minimum atomic E-state index is -1.11. The second-order valence-corrected chi connectivity index (χ2v) is 4.93. The first-order valence-corrected chi connectivity index (χ1v) is 6.55. The van der Waals surface area contributed by atoms with Crippen molar-refractivity contribution in [2.45, 2.75) is 45.7 Å². The van der Waals surface area contributed by atoms with Gasteiger partial charge in [-0.2, -0.15) is 0 Å². The summed E-state index contributed by atoms with van der Waals surface area (Å²) in [7, 11) is 0. The predicted molar refractivity (Wildman–Crippen MR) is 74.6 cm³/mol. The van der Waals surface area contributed by atoms with E-state index in [2.05, 4.69) is 0 Å². The van der Waals surface area contributed by atoms with Gasteiger partial charge < -0.3 is 10.2 Å². The SMILES string of the molecule is CC(=O)CC(O)N(Cc1ccccc1)C(O)CC(C)=O. The molecule has 2 N–H and O–H groups in total. The molecule has 1 aromatic rings. The number of ketones is 2. The first-order chi connectivity index (χ1) is 9.40. The lowest BCUT2D eigenvalue weighted by Crippen LogP contribution is -2.44. The normalized spacial score (nSPS) is 14.1. The molecule has 0 saturated heterocycles. The summed E-state index contributed by atoms with van der Waals surface area (Å²) in [6.45, 7) is 3.02. The van der Waals surface area contributed by atoms with Crippen LogP contribution in [0.1, 0.15) is 32.3 Å². The maximum absolute atomic E-state index is 11.1. The number of hydrogen-bond donors (Lipinski definition) is 2. The standard InChI is InChI=1S/C15H21NO4/c1-11(17)8-14(19)16(15(20)9-12(2)18)10-13-6-4-3-5-7-13/h3-7,14-15,19-20H,8-10H2,1-2H3. The molecule has 0 radical (unpaired) electrons. The van der Waals surface area contributed by atoms with Crippen molar-refractivity contribution in [1.29, 1.82) is 0 Å². The van der Waals surface area contributed by atoms with Crippen LogP contribution in [0.4, 0.5) is 0 Å². The average Bonchev–Trinajstić information content (AvgIpc) is 2.35. The number of aliphatic hydroxyl groups excluding tert-OH is 2. The number of carbonyl (C=O) groups excluding carboxylic acids is 2. The fourth-order valence-electron chi connectivity index (χ4n) is 1.95. The van der Waals surface area contributed by atoms with E-state index in [9.17, 15) is 19.8 Å². The van der Waals surface area contributed by atoms with Gasteiger partial charge in [-0.25, -0.2) is 4.90 Å². The summed E-state index contributed by atoms with van der Waals surface area (Å²) in [4.78, 5) is 23.6. The lowest BCUT2D eigenvalue weighted by Gasteiger charge is -2.31. The second kappa shape index (κ2) is 7.89. The van der Waals surface area contributed by atoms with Crippen LogP contribution in [-0.4, -0.2) is 39.1 Å². The Bertz CT molecular complexity index is 424. The van der Waals surface area contributed by atoms with Gasteiger partial charge in [0, 0.05) is 19.4 Å². The fraction of sp³-hybridized carbons (Fsp3) is 0.467. The Morgan fingerprint density at radius 3 is 1.85 bits per heavy atom. The highest BCUT2D eigenvalue weighted by Gasteiger charge is 2.25. The fourth-order valence-corrected chi connectivity index (χ4v) is 1.95. The van der Waals surface area contributed by atoms with Crippen molar-refractivity contribution in [3.05, 3.63) is 35.9 Å². The van der Waals surface area contributed by atoms with Gasteiger partial charge in [-0.05, 0) is 19.4 Å². The van der Waals surface area contributed by atoms with Crippen molar-refractivity contribution in [1.82, 2.24) is 4.90 Å². The number of aliphatic hydroxyl groups is 2. The molecule has 2 unspecified atom stereocenters. The molecule has 0 aliphatic carbocycles. The lowest BCUT2D eigenvalue weighted by atomic mass is 10.1. The van der Waals surface area contributed by atoms with E-state index in [-0.39, 0.29) is 31.0 Å². The highest BCUT2D eigenvalue weighted by Crippen LogP contribution is 2.14. The van der Waals surface area contributed by atoms with Crippen molar-refractivity contribution in [3.8, 4) is 0 Å². The zero-order valence-electron chi connectivity index (χ0n) is 11.8. The molecule has 1 rings (SSSR count). The Hall–Kier alpha value is -1.56. The van der Waals surface area contributed by atoms with Gasteiger partial charge >= 0.3 is 0 Å². The van der Waals surface area contributed by atoms with Gasteiger partial charge in [-0.1, -0.05) is 30.3 Å². The van der Waals surface area contributed by atoms with Crippen LogP contribution in [0, 0.1) is 0 Å². The first kappa shape index (κ1) is 16.5. The molecule has 5 nitrogen and oxygen atoms in total. The summed E-state index contributed by atoms with van der Waals surface area (Å²) in [6.07, 6.45) is -2.38. The number of nitrogens with zero attached hydrogens (tertiary/aromatic N) is 1. The zero-order valence-corrected chi connectivity index (χ0v) is 11.8. The highest BCUT2D eigenvalue weighted by molar-refractivity contribution is 5.76. The third kappa shape index (κ3) is 5.61. The van der Waals surface area contributed by atoms with Gasteiger partial charge in [-0.3, -0.25) is 9.59 Å². The van der Waals surface area contributed by atoms with Crippen molar-refractivity contribution in [2.24, 2.45) is 0 Å². The minimum absolute atomic E-state index is 0.0815. The quantitative estimate of drug-likeness (QED) is 0.696. The highest BCUT2D eigenvalue weighted by atomic mass is 16.3. The van der Waals surface area contributed by atoms with E-state index in [1.165, 1.54) is 18.7 Å². The number of benzene rings is 1. The molecule has 0 fully saturated rings. The molecule has 0 aliphatic heterocycles. The maximum atomic E-state index is 11.1. The molecule has 110 valence electrons. The molecule has 0 aromatic heterocycles. The largest absolute Gasteiger partial charge is 0.378 e. The minimum Gasteiger partial charge on any atom is -0.378 e. The Morgan fingerprint density at radius 1 is 1.00 bits per heavy atom. The van der Waals surface area contributed by atoms with Crippen LogP contribution in [0.3, 0.4) is 0 Å². The smallest absolute Gasteiger partial charge is 0.133 e. The molecule has 0 amide bonds. The van der Waals surface area contributed by atoms with Crippen molar-refractivity contribution in [2.75, 3.05) is 0 Å². The zero-order chi connectivity index (χ0) is 15.1. The molecule has 0 saturated carbocycles. The molecule has 1 aromatic carbocycles. The van der Waals surface area contributed by atoms with Crippen LogP contribution in [0.2, 0.25) is 0 Å².